The molecule has 5 nitrogen and oxygen atoms in total. The molecule has 0 aliphatic heterocycles. The van der Waals surface area contributed by atoms with Crippen LogP contribution in [0.5, 0.6) is 11.5 Å². The third-order valence-corrected chi connectivity index (χ3v) is 2.61. The molecule has 0 fully saturated rings. The SMILES string of the molecule is CC(C)n1ncc(N)c1COc1cccc(O)c1. The second-order valence-electron chi connectivity index (χ2n) is 4.37. The predicted molar refractivity (Wildman–Crippen MR) is 69.5 cm³/mol. The highest BCUT2D eigenvalue weighted by Crippen LogP contribution is 2.21. The monoisotopic (exact) mass is 247 g/mol. The number of benzene rings is 1. The fraction of sp³-hybridized carbons (Fsp3) is 0.308. The minimum Gasteiger partial charge on any atom is -0.508 e. The molecule has 96 valence electrons. The maximum absolute atomic E-state index is 9.35. The molecule has 5 heteroatoms. The number of ether oxygens (including phenoxy) is 1. The van der Waals surface area contributed by atoms with E-state index < -0.39 is 0 Å². The van der Waals surface area contributed by atoms with Gasteiger partial charge in [-0.15, -0.1) is 0 Å². The Morgan fingerprint density at radius 1 is 1.44 bits per heavy atom. The highest BCUT2D eigenvalue weighted by molar-refractivity contribution is 5.41. The van der Waals surface area contributed by atoms with Crippen LogP contribution >= 0.6 is 0 Å². The molecule has 0 spiro atoms. The molecule has 0 saturated heterocycles. The van der Waals surface area contributed by atoms with E-state index in [1.165, 1.54) is 0 Å². The Bertz CT molecular complexity index is 535. The average Bonchev–Trinajstić information content (AvgIpc) is 2.68. The number of phenolic OH excluding ortho intramolecular Hbond substituents is 1. The van der Waals surface area contributed by atoms with E-state index in [1.807, 2.05) is 18.5 Å². The Hall–Kier alpha value is -2.17. The van der Waals surface area contributed by atoms with Crippen LogP contribution in [0, 0.1) is 0 Å². The van der Waals surface area contributed by atoms with Gasteiger partial charge in [0.2, 0.25) is 0 Å². The molecule has 2 rings (SSSR count). The van der Waals surface area contributed by atoms with Crippen molar-refractivity contribution in [2.24, 2.45) is 0 Å². The number of phenols is 1. The van der Waals surface area contributed by atoms with Gasteiger partial charge >= 0.3 is 0 Å². The molecular weight excluding hydrogens is 230 g/mol. The van der Waals surface area contributed by atoms with Crippen molar-refractivity contribution in [1.29, 1.82) is 0 Å². The normalized spacial score (nSPS) is 10.8. The van der Waals surface area contributed by atoms with Gasteiger partial charge in [0.05, 0.1) is 17.6 Å². The average molecular weight is 247 g/mol. The van der Waals surface area contributed by atoms with Crippen LogP contribution in [-0.2, 0) is 6.61 Å². The summed E-state index contributed by atoms with van der Waals surface area (Å²) in [5.41, 5.74) is 7.32. The number of hydrogen-bond donors (Lipinski definition) is 2. The molecule has 0 aliphatic rings. The molecular formula is C13H17N3O2. The first-order valence-corrected chi connectivity index (χ1v) is 5.81. The van der Waals surface area contributed by atoms with Crippen LogP contribution in [-0.4, -0.2) is 14.9 Å². The van der Waals surface area contributed by atoms with Gasteiger partial charge in [-0.05, 0) is 26.0 Å². The van der Waals surface area contributed by atoms with Crippen molar-refractivity contribution in [3.63, 3.8) is 0 Å². The van der Waals surface area contributed by atoms with Crippen LogP contribution in [0.3, 0.4) is 0 Å². The molecule has 1 heterocycles. The maximum atomic E-state index is 9.35. The quantitative estimate of drug-likeness (QED) is 0.869. The molecule has 1 aromatic heterocycles. The summed E-state index contributed by atoms with van der Waals surface area (Å²) in [4.78, 5) is 0. The fourth-order valence-corrected chi connectivity index (χ4v) is 1.72. The number of nitrogens with zero attached hydrogens (tertiary/aromatic N) is 2. The maximum Gasteiger partial charge on any atom is 0.132 e. The first-order chi connectivity index (χ1) is 8.58. The summed E-state index contributed by atoms with van der Waals surface area (Å²) in [6.45, 7) is 4.39. The van der Waals surface area contributed by atoms with Crippen molar-refractivity contribution < 1.29 is 9.84 Å². The number of nitrogen functional groups attached to an aromatic ring is 1. The predicted octanol–water partition coefficient (Wildman–Crippen LogP) is 2.33. The van der Waals surface area contributed by atoms with Crippen molar-refractivity contribution in [3.05, 3.63) is 36.2 Å². The fourth-order valence-electron chi connectivity index (χ4n) is 1.72. The van der Waals surface area contributed by atoms with Crippen LogP contribution in [0.25, 0.3) is 0 Å². The topological polar surface area (TPSA) is 73.3 Å². The molecule has 3 N–H and O–H groups in total. The molecule has 1 aromatic carbocycles. The van der Waals surface area contributed by atoms with Crippen LogP contribution < -0.4 is 10.5 Å². The molecule has 18 heavy (non-hydrogen) atoms. The van der Waals surface area contributed by atoms with E-state index in [0.29, 0.717) is 18.0 Å². The van der Waals surface area contributed by atoms with E-state index in [1.54, 1.807) is 30.5 Å². The van der Waals surface area contributed by atoms with Gasteiger partial charge in [0.15, 0.2) is 0 Å². The van der Waals surface area contributed by atoms with Gasteiger partial charge in [0.25, 0.3) is 0 Å². The lowest BCUT2D eigenvalue weighted by Gasteiger charge is -2.12. The molecule has 0 saturated carbocycles. The van der Waals surface area contributed by atoms with Gasteiger partial charge in [-0.3, -0.25) is 4.68 Å². The Balaban J connectivity index is 2.13. The number of aromatic hydroxyl groups is 1. The summed E-state index contributed by atoms with van der Waals surface area (Å²) in [5.74, 6) is 0.781. The standard InChI is InChI=1S/C13H17N3O2/c1-9(2)16-13(12(14)7-15-16)8-18-11-5-3-4-10(17)6-11/h3-7,9,17H,8,14H2,1-2H3. The van der Waals surface area contributed by atoms with E-state index >= 15 is 0 Å². The van der Waals surface area contributed by atoms with Crippen molar-refractivity contribution in [1.82, 2.24) is 9.78 Å². The zero-order valence-electron chi connectivity index (χ0n) is 10.5. The summed E-state index contributed by atoms with van der Waals surface area (Å²) in [6.07, 6.45) is 1.63. The van der Waals surface area contributed by atoms with Gasteiger partial charge < -0.3 is 15.6 Å². The molecule has 0 radical (unpaired) electrons. The van der Waals surface area contributed by atoms with Crippen LogP contribution in [0.2, 0.25) is 0 Å². The van der Waals surface area contributed by atoms with Crippen LogP contribution in [0.4, 0.5) is 5.69 Å². The van der Waals surface area contributed by atoms with Crippen LogP contribution in [0.15, 0.2) is 30.5 Å². The largest absolute Gasteiger partial charge is 0.508 e. The van der Waals surface area contributed by atoms with Crippen molar-refractivity contribution in [2.75, 3.05) is 5.73 Å². The zero-order valence-corrected chi connectivity index (χ0v) is 10.5. The lowest BCUT2D eigenvalue weighted by Crippen LogP contribution is -2.11. The summed E-state index contributed by atoms with van der Waals surface area (Å²) in [5, 5.41) is 13.6. The van der Waals surface area contributed by atoms with Gasteiger partial charge in [0, 0.05) is 12.1 Å². The summed E-state index contributed by atoms with van der Waals surface area (Å²) >= 11 is 0. The molecule has 0 atom stereocenters. The Morgan fingerprint density at radius 3 is 2.89 bits per heavy atom. The minimum absolute atomic E-state index is 0.179. The molecule has 0 bridgehead atoms. The molecule has 2 aromatic rings. The highest BCUT2D eigenvalue weighted by atomic mass is 16.5. The number of aromatic nitrogens is 2. The lowest BCUT2D eigenvalue weighted by atomic mass is 10.3. The van der Waals surface area contributed by atoms with E-state index in [-0.39, 0.29) is 11.8 Å². The first-order valence-electron chi connectivity index (χ1n) is 5.81. The number of hydrogen-bond acceptors (Lipinski definition) is 4. The van der Waals surface area contributed by atoms with Gasteiger partial charge in [0.1, 0.15) is 18.1 Å². The van der Waals surface area contributed by atoms with Gasteiger partial charge in [-0.1, -0.05) is 6.07 Å². The number of anilines is 1. The van der Waals surface area contributed by atoms with Crippen molar-refractivity contribution in [2.45, 2.75) is 26.5 Å². The van der Waals surface area contributed by atoms with Gasteiger partial charge in [-0.25, -0.2) is 0 Å². The van der Waals surface area contributed by atoms with Crippen LogP contribution in [0.1, 0.15) is 25.6 Å². The van der Waals surface area contributed by atoms with E-state index in [0.717, 1.165) is 5.69 Å². The summed E-state index contributed by atoms with van der Waals surface area (Å²) in [6, 6.07) is 6.90. The summed E-state index contributed by atoms with van der Waals surface area (Å²) in [7, 11) is 0. The summed E-state index contributed by atoms with van der Waals surface area (Å²) < 4.78 is 7.43. The number of nitrogens with two attached hydrogens (primary N) is 1. The van der Waals surface area contributed by atoms with E-state index in [2.05, 4.69) is 5.10 Å². The van der Waals surface area contributed by atoms with E-state index in [9.17, 15) is 5.11 Å². The second-order valence-corrected chi connectivity index (χ2v) is 4.37. The molecule has 0 aliphatic carbocycles. The Labute approximate surface area is 106 Å². The minimum atomic E-state index is 0.179. The van der Waals surface area contributed by atoms with Crippen molar-refractivity contribution >= 4 is 5.69 Å². The zero-order chi connectivity index (χ0) is 13.1. The van der Waals surface area contributed by atoms with E-state index in [4.69, 9.17) is 10.5 Å². The first kappa shape index (κ1) is 12.3. The van der Waals surface area contributed by atoms with Crippen molar-refractivity contribution in [3.8, 4) is 11.5 Å². The smallest absolute Gasteiger partial charge is 0.132 e. The highest BCUT2D eigenvalue weighted by Gasteiger charge is 2.11. The number of rotatable bonds is 4. The van der Waals surface area contributed by atoms with Gasteiger partial charge in [-0.2, -0.15) is 5.10 Å². The molecule has 0 amide bonds. The lowest BCUT2D eigenvalue weighted by molar-refractivity contribution is 0.287. The third-order valence-electron chi connectivity index (χ3n) is 2.61. The third kappa shape index (κ3) is 2.56. The molecule has 0 unspecified atom stereocenters. The Morgan fingerprint density at radius 2 is 2.22 bits per heavy atom. The Kier molecular flexibility index (Phi) is 3.41. The second kappa shape index (κ2) is 5.00.